The summed E-state index contributed by atoms with van der Waals surface area (Å²) < 4.78 is 6.27. The molecule has 2 nitrogen and oxygen atoms in total. The highest BCUT2D eigenvalue weighted by atomic mass is 32.2. The van der Waals surface area contributed by atoms with Gasteiger partial charge in [-0.15, -0.1) is 0 Å². The summed E-state index contributed by atoms with van der Waals surface area (Å²) in [5, 5.41) is 10.4. The standard InChI is InChI=1S/C34H38O2S/c1-6-7-8-14-19-36-34-26(4)22-30(23-27(34)5)37(29-15-10-9-11-16-29)32-18-13-12-17-31(32)28-20-24(2)33(35)25(3)21-28/h9-13,15-18,20-23H,6-8,14,19H2,1-5H3/p+1. The van der Waals surface area contributed by atoms with Crippen LogP contribution in [0.4, 0.5) is 0 Å². The van der Waals surface area contributed by atoms with Crippen LogP contribution in [-0.2, 0) is 10.9 Å². The molecule has 37 heavy (non-hydrogen) atoms. The van der Waals surface area contributed by atoms with E-state index in [1.54, 1.807) is 0 Å². The fourth-order valence-electron chi connectivity index (χ4n) is 4.90. The molecule has 3 heteroatoms. The molecule has 0 amide bonds. The van der Waals surface area contributed by atoms with Crippen LogP contribution in [0.15, 0.2) is 93.5 Å². The maximum Gasteiger partial charge on any atom is 0.174 e. The van der Waals surface area contributed by atoms with Gasteiger partial charge < -0.3 is 9.84 Å². The van der Waals surface area contributed by atoms with Crippen molar-refractivity contribution in [2.45, 2.75) is 75.0 Å². The number of benzene rings is 4. The van der Waals surface area contributed by atoms with Gasteiger partial charge in [0.2, 0.25) is 0 Å². The van der Waals surface area contributed by atoms with Crippen molar-refractivity contribution in [1.29, 1.82) is 0 Å². The zero-order valence-corrected chi connectivity index (χ0v) is 23.6. The second-order valence-corrected chi connectivity index (χ2v) is 11.9. The van der Waals surface area contributed by atoms with Gasteiger partial charge in [0.15, 0.2) is 14.7 Å². The van der Waals surface area contributed by atoms with Crippen molar-refractivity contribution in [1.82, 2.24) is 0 Å². The van der Waals surface area contributed by atoms with E-state index in [-0.39, 0.29) is 10.9 Å². The molecule has 0 heterocycles. The summed E-state index contributed by atoms with van der Waals surface area (Å²) in [7, 11) is -0.302. The monoisotopic (exact) mass is 511 g/mol. The van der Waals surface area contributed by atoms with Gasteiger partial charge in [-0.1, -0.05) is 56.5 Å². The maximum absolute atomic E-state index is 10.4. The molecule has 0 aliphatic rings. The van der Waals surface area contributed by atoms with Crippen molar-refractivity contribution in [2.75, 3.05) is 6.61 Å². The van der Waals surface area contributed by atoms with Crippen LogP contribution in [-0.4, -0.2) is 11.7 Å². The molecule has 4 aromatic carbocycles. The van der Waals surface area contributed by atoms with E-state index in [1.165, 1.54) is 50.6 Å². The van der Waals surface area contributed by atoms with Crippen molar-refractivity contribution in [3.63, 3.8) is 0 Å². The summed E-state index contributed by atoms with van der Waals surface area (Å²) >= 11 is 0. The topological polar surface area (TPSA) is 29.5 Å². The van der Waals surface area contributed by atoms with Crippen molar-refractivity contribution in [2.24, 2.45) is 0 Å². The van der Waals surface area contributed by atoms with Gasteiger partial charge >= 0.3 is 0 Å². The second kappa shape index (κ2) is 12.4. The first-order valence-electron chi connectivity index (χ1n) is 13.3. The minimum atomic E-state index is -0.302. The average Bonchev–Trinajstić information content (AvgIpc) is 2.89. The Balaban J connectivity index is 1.79. The summed E-state index contributed by atoms with van der Waals surface area (Å²) in [6.07, 6.45) is 4.82. The van der Waals surface area contributed by atoms with E-state index in [2.05, 4.69) is 99.6 Å². The Bertz CT molecular complexity index is 1300. The van der Waals surface area contributed by atoms with Crippen LogP contribution >= 0.6 is 0 Å². The highest BCUT2D eigenvalue weighted by molar-refractivity contribution is 7.97. The average molecular weight is 512 g/mol. The lowest BCUT2D eigenvalue weighted by Gasteiger charge is -2.17. The quantitative estimate of drug-likeness (QED) is 0.170. The molecule has 0 aliphatic carbocycles. The molecule has 0 spiro atoms. The lowest BCUT2D eigenvalue weighted by Crippen LogP contribution is -2.09. The number of phenolic OH excluding ortho intramolecular Hbond substituents is 1. The van der Waals surface area contributed by atoms with Crippen LogP contribution in [0.2, 0.25) is 0 Å². The molecular weight excluding hydrogens is 472 g/mol. The molecule has 4 rings (SSSR count). The Morgan fingerprint density at radius 3 is 1.95 bits per heavy atom. The maximum atomic E-state index is 10.4. The predicted molar refractivity (Wildman–Crippen MR) is 157 cm³/mol. The van der Waals surface area contributed by atoms with E-state index in [0.29, 0.717) is 5.75 Å². The van der Waals surface area contributed by atoms with E-state index in [1.807, 2.05) is 13.8 Å². The molecule has 192 valence electrons. The highest BCUT2D eigenvalue weighted by Crippen LogP contribution is 2.41. The van der Waals surface area contributed by atoms with Gasteiger partial charge in [-0.25, -0.2) is 0 Å². The third-order valence-corrected chi connectivity index (χ3v) is 9.05. The van der Waals surface area contributed by atoms with Crippen LogP contribution in [0.25, 0.3) is 11.1 Å². The van der Waals surface area contributed by atoms with Gasteiger partial charge in [0.25, 0.3) is 0 Å². The Morgan fingerprint density at radius 1 is 0.676 bits per heavy atom. The molecule has 0 saturated carbocycles. The van der Waals surface area contributed by atoms with Gasteiger partial charge in [-0.05, 0) is 98.3 Å². The highest BCUT2D eigenvalue weighted by Gasteiger charge is 2.32. The number of aryl methyl sites for hydroxylation is 4. The van der Waals surface area contributed by atoms with Crippen LogP contribution in [0.5, 0.6) is 11.5 Å². The van der Waals surface area contributed by atoms with E-state index in [9.17, 15) is 5.11 Å². The summed E-state index contributed by atoms with van der Waals surface area (Å²) in [6.45, 7) is 11.3. The SMILES string of the molecule is CCCCCCOc1c(C)cc([S+](c2ccccc2)c2ccccc2-c2cc(C)c(O)c(C)c2)cc1C. The fraction of sp³-hybridized carbons (Fsp3) is 0.294. The number of phenols is 1. The molecule has 0 saturated heterocycles. The summed E-state index contributed by atoms with van der Waals surface area (Å²) in [4.78, 5) is 3.86. The van der Waals surface area contributed by atoms with Crippen molar-refractivity contribution in [3.8, 4) is 22.6 Å². The van der Waals surface area contributed by atoms with Gasteiger partial charge in [0.05, 0.1) is 17.5 Å². The molecule has 0 aromatic heterocycles. The van der Waals surface area contributed by atoms with Gasteiger partial charge in [-0.2, -0.15) is 0 Å². The zero-order valence-electron chi connectivity index (χ0n) is 22.8. The van der Waals surface area contributed by atoms with Gasteiger partial charge in [-0.3, -0.25) is 0 Å². The van der Waals surface area contributed by atoms with Crippen LogP contribution in [0, 0.1) is 27.7 Å². The summed E-state index contributed by atoms with van der Waals surface area (Å²) in [5.41, 5.74) is 6.51. The third kappa shape index (κ3) is 6.22. The molecule has 1 atom stereocenters. The molecule has 1 unspecified atom stereocenters. The Hall–Kier alpha value is -3.17. The number of hydrogen-bond donors (Lipinski definition) is 1. The largest absolute Gasteiger partial charge is 0.507 e. The minimum Gasteiger partial charge on any atom is -0.507 e. The van der Waals surface area contributed by atoms with Gasteiger partial charge in [0.1, 0.15) is 11.5 Å². The van der Waals surface area contributed by atoms with E-state index in [4.69, 9.17) is 4.74 Å². The van der Waals surface area contributed by atoms with Crippen LogP contribution < -0.4 is 4.74 Å². The molecule has 0 aliphatic heterocycles. The first-order valence-corrected chi connectivity index (χ1v) is 14.6. The minimum absolute atomic E-state index is 0.302. The molecule has 1 N–H and O–H groups in total. The Labute approximate surface area is 225 Å². The zero-order chi connectivity index (χ0) is 26.4. The van der Waals surface area contributed by atoms with Crippen LogP contribution in [0.1, 0.15) is 54.9 Å². The van der Waals surface area contributed by atoms with E-state index >= 15 is 0 Å². The second-order valence-electron chi connectivity index (χ2n) is 9.87. The van der Waals surface area contributed by atoms with Crippen LogP contribution in [0.3, 0.4) is 0 Å². The Morgan fingerprint density at radius 2 is 1.30 bits per heavy atom. The number of unbranched alkanes of at least 4 members (excludes halogenated alkanes) is 3. The smallest absolute Gasteiger partial charge is 0.174 e. The number of hydrogen-bond acceptors (Lipinski definition) is 2. The van der Waals surface area contributed by atoms with E-state index in [0.717, 1.165) is 35.5 Å². The van der Waals surface area contributed by atoms with E-state index < -0.39 is 0 Å². The first kappa shape index (κ1) is 26.9. The molecule has 0 bridgehead atoms. The third-order valence-electron chi connectivity index (χ3n) is 6.80. The summed E-state index contributed by atoms with van der Waals surface area (Å²) in [6, 6.07) is 28.3. The summed E-state index contributed by atoms with van der Waals surface area (Å²) in [5.74, 6) is 1.40. The number of ether oxygens (including phenoxy) is 1. The molecule has 0 fully saturated rings. The van der Waals surface area contributed by atoms with Crippen molar-refractivity contribution >= 4 is 10.9 Å². The first-order chi connectivity index (χ1) is 17.9. The number of aromatic hydroxyl groups is 1. The Kier molecular flexibility index (Phi) is 9.00. The van der Waals surface area contributed by atoms with Crippen molar-refractivity contribution < 1.29 is 9.84 Å². The molecule has 4 aromatic rings. The molecule has 0 radical (unpaired) electrons. The number of rotatable bonds is 10. The van der Waals surface area contributed by atoms with Gasteiger partial charge in [0, 0.05) is 17.7 Å². The lowest BCUT2D eigenvalue weighted by molar-refractivity contribution is 0.301. The van der Waals surface area contributed by atoms with Crippen molar-refractivity contribution in [3.05, 3.63) is 101 Å². The fourth-order valence-corrected chi connectivity index (χ4v) is 7.32. The molecular formula is C34H39O2S+. The predicted octanol–water partition coefficient (Wildman–Crippen LogP) is 9.35. The normalized spacial score (nSPS) is 11.9. The lowest BCUT2D eigenvalue weighted by atomic mass is 10.00.